The fraction of sp³-hybridized carbons (Fsp3) is 0.632. The van der Waals surface area contributed by atoms with Crippen LogP contribution in [0.1, 0.15) is 33.1 Å². The Balaban J connectivity index is 2.00. The molecule has 1 atom stereocenters. The molecule has 0 saturated carbocycles. The molecule has 0 aromatic heterocycles. The Hall–Kier alpha value is -1.71. The van der Waals surface area contributed by atoms with Crippen LogP contribution in [-0.4, -0.2) is 58.1 Å². The summed E-state index contributed by atoms with van der Waals surface area (Å²) < 4.78 is 51.3. The molecule has 1 fully saturated rings. The molecule has 0 radical (unpaired) electrons. The lowest BCUT2D eigenvalue weighted by Gasteiger charge is -2.31. The molecule has 9 heteroatoms. The van der Waals surface area contributed by atoms with Crippen molar-refractivity contribution in [3.8, 4) is 5.75 Å². The van der Waals surface area contributed by atoms with Crippen LogP contribution in [0, 0.1) is 11.7 Å². The van der Waals surface area contributed by atoms with Gasteiger partial charge in [-0.05, 0) is 51.3 Å². The van der Waals surface area contributed by atoms with E-state index in [-0.39, 0.29) is 35.7 Å². The van der Waals surface area contributed by atoms with Gasteiger partial charge in [0, 0.05) is 26.2 Å². The zero-order valence-corrected chi connectivity index (χ0v) is 17.4. The van der Waals surface area contributed by atoms with Gasteiger partial charge in [0.25, 0.3) is 0 Å². The second-order valence-corrected chi connectivity index (χ2v) is 8.97. The molecule has 2 rings (SSSR count). The van der Waals surface area contributed by atoms with Crippen LogP contribution in [0.5, 0.6) is 5.75 Å². The minimum absolute atomic E-state index is 0.0658. The van der Waals surface area contributed by atoms with Crippen LogP contribution in [0.15, 0.2) is 23.1 Å². The molecule has 1 amide bonds. The van der Waals surface area contributed by atoms with Crippen LogP contribution in [0.2, 0.25) is 0 Å². The van der Waals surface area contributed by atoms with Crippen LogP contribution < -0.4 is 10.1 Å². The van der Waals surface area contributed by atoms with Crippen molar-refractivity contribution in [2.45, 2.75) is 44.1 Å². The van der Waals surface area contributed by atoms with Gasteiger partial charge in [-0.3, -0.25) is 4.79 Å². The number of piperidine rings is 1. The summed E-state index contributed by atoms with van der Waals surface area (Å²) in [6, 6.07) is 3.38. The quantitative estimate of drug-likeness (QED) is 0.624. The number of halogens is 1. The maximum atomic E-state index is 13.6. The third-order valence-corrected chi connectivity index (χ3v) is 6.46. The second kappa shape index (κ2) is 10.2. The van der Waals surface area contributed by atoms with Gasteiger partial charge in [0.05, 0.1) is 19.1 Å². The first-order chi connectivity index (χ1) is 13.3. The summed E-state index contributed by atoms with van der Waals surface area (Å²) in [5, 5.41) is 2.84. The lowest BCUT2D eigenvalue weighted by molar-refractivity contribution is -0.126. The first-order valence-corrected chi connectivity index (χ1v) is 10.9. The molecule has 28 heavy (non-hydrogen) atoms. The fourth-order valence-corrected chi connectivity index (χ4v) is 4.80. The molecule has 1 aromatic rings. The van der Waals surface area contributed by atoms with Gasteiger partial charge in [0.2, 0.25) is 15.9 Å². The summed E-state index contributed by atoms with van der Waals surface area (Å²) in [7, 11) is -2.63. The van der Waals surface area contributed by atoms with E-state index in [2.05, 4.69) is 5.32 Å². The maximum Gasteiger partial charge on any atom is 0.246 e. The number of amides is 1. The zero-order valence-electron chi connectivity index (χ0n) is 16.6. The lowest BCUT2D eigenvalue weighted by atomic mass is 9.99. The first kappa shape index (κ1) is 22.6. The van der Waals surface area contributed by atoms with Crippen LogP contribution in [0.4, 0.5) is 4.39 Å². The average Bonchev–Trinajstić information content (AvgIpc) is 2.67. The predicted octanol–water partition coefficient (Wildman–Crippen LogP) is 2.17. The summed E-state index contributed by atoms with van der Waals surface area (Å²) in [4.78, 5) is 12.2. The standard InChI is InChI=1S/C19H29FN2O5S/c1-14(2)27-11-5-9-21-19(23)15-6-4-10-22(13-15)28(24,25)18-12-16(20)7-8-17(18)26-3/h7-8,12,14-15H,4-6,9-11,13H2,1-3H3,(H,21,23)/t15-/m0/s1. The first-order valence-electron chi connectivity index (χ1n) is 9.48. The van der Waals surface area contributed by atoms with Gasteiger partial charge in [-0.25, -0.2) is 12.8 Å². The van der Waals surface area contributed by atoms with Crippen molar-refractivity contribution in [1.29, 1.82) is 0 Å². The molecule has 1 N–H and O–H groups in total. The molecule has 1 aliphatic rings. The van der Waals surface area contributed by atoms with Crippen LogP contribution in [0.3, 0.4) is 0 Å². The topological polar surface area (TPSA) is 84.9 Å². The second-order valence-electron chi connectivity index (χ2n) is 7.06. The van der Waals surface area contributed by atoms with Gasteiger partial charge in [-0.2, -0.15) is 4.31 Å². The van der Waals surface area contributed by atoms with E-state index in [9.17, 15) is 17.6 Å². The van der Waals surface area contributed by atoms with Crippen molar-refractivity contribution in [3.05, 3.63) is 24.0 Å². The van der Waals surface area contributed by atoms with Gasteiger partial charge < -0.3 is 14.8 Å². The third-order valence-electron chi connectivity index (χ3n) is 4.57. The van der Waals surface area contributed by atoms with Gasteiger partial charge in [0.15, 0.2) is 0 Å². The number of carbonyl (C=O) groups excluding carboxylic acids is 1. The van der Waals surface area contributed by atoms with Gasteiger partial charge in [0.1, 0.15) is 16.5 Å². The Morgan fingerprint density at radius 3 is 2.82 bits per heavy atom. The van der Waals surface area contributed by atoms with Gasteiger partial charge >= 0.3 is 0 Å². The summed E-state index contributed by atoms with van der Waals surface area (Å²) in [5.41, 5.74) is 0. The molecular formula is C19H29FN2O5S. The Bertz CT molecular complexity index is 770. The van der Waals surface area contributed by atoms with Gasteiger partial charge in [-0.15, -0.1) is 0 Å². The van der Waals surface area contributed by atoms with Crippen LogP contribution >= 0.6 is 0 Å². The fourth-order valence-electron chi connectivity index (χ4n) is 3.11. The monoisotopic (exact) mass is 416 g/mol. The molecule has 0 bridgehead atoms. The molecule has 0 aliphatic carbocycles. The predicted molar refractivity (Wildman–Crippen MR) is 103 cm³/mol. The van der Waals surface area contributed by atoms with Crippen molar-refractivity contribution < 1.29 is 27.1 Å². The van der Waals surface area contributed by atoms with Crippen LogP contribution in [0.25, 0.3) is 0 Å². The Morgan fingerprint density at radius 2 is 2.14 bits per heavy atom. The van der Waals surface area contributed by atoms with E-state index in [1.807, 2.05) is 13.8 Å². The van der Waals surface area contributed by atoms with Crippen molar-refractivity contribution in [2.75, 3.05) is 33.4 Å². The summed E-state index contributed by atoms with van der Waals surface area (Å²) >= 11 is 0. The minimum atomic E-state index is -3.96. The van der Waals surface area contributed by atoms with Gasteiger partial charge in [-0.1, -0.05) is 0 Å². The van der Waals surface area contributed by atoms with E-state index in [0.29, 0.717) is 32.4 Å². The highest BCUT2D eigenvalue weighted by Gasteiger charge is 2.35. The molecule has 1 heterocycles. The number of benzene rings is 1. The highest BCUT2D eigenvalue weighted by Crippen LogP contribution is 2.30. The maximum absolute atomic E-state index is 13.6. The SMILES string of the molecule is COc1ccc(F)cc1S(=O)(=O)N1CCC[C@H](C(=O)NCCCOC(C)C)C1. The van der Waals surface area contributed by atoms with Crippen LogP contribution in [-0.2, 0) is 19.6 Å². The Labute approximate surface area is 166 Å². The third kappa shape index (κ3) is 5.89. The zero-order chi connectivity index (χ0) is 20.7. The molecule has 0 spiro atoms. The van der Waals surface area contributed by atoms with Crippen molar-refractivity contribution >= 4 is 15.9 Å². The molecule has 1 aliphatic heterocycles. The Morgan fingerprint density at radius 1 is 1.39 bits per heavy atom. The van der Waals surface area contributed by atoms with E-state index in [1.54, 1.807) is 0 Å². The number of hydrogen-bond donors (Lipinski definition) is 1. The highest BCUT2D eigenvalue weighted by atomic mass is 32.2. The summed E-state index contributed by atoms with van der Waals surface area (Å²) in [5.74, 6) is -1.18. The van der Waals surface area contributed by atoms with Crippen molar-refractivity contribution in [1.82, 2.24) is 9.62 Å². The molecule has 0 unspecified atom stereocenters. The number of rotatable bonds is 9. The number of hydrogen-bond acceptors (Lipinski definition) is 5. The average molecular weight is 417 g/mol. The number of ether oxygens (including phenoxy) is 2. The summed E-state index contributed by atoms with van der Waals surface area (Å²) in [6.45, 7) is 5.28. The van der Waals surface area contributed by atoms with E-state index in [0.717, 1.165) is 12.1 Å². The Kier molecular flexibility index (Phi) is 8.21. The molecule has 1 aromatic carbocycles. The van der Waals surface area contributed by atoms with Crippen molar-refractivity contribution in [3.63, 3.8) is 0 Å². The number of sulfonamides is 1. The smallest absolute Gasteiger partial charge is 0.246 e. The van der Waals surface area contributed by atoms with E-state index in [1.165, 1.54) is 17.5 Å². The highest BCUT2D eigenvalue weighted by molar-refractivity contribution is 7.89. The molecule has 1 saturated heterocycles. The minimum Gasteiger partial charge on any atom is -0.495 e. The number of nitrogens with one attached hydrogen (secondary N) is 1. The largest absolute Gasteiger partial charge is 0.495 e. The molecule has 7 nitrogen and oxygen atoms in total. The van der Waals surface area contributed by atoms with E-state index >= 15 is 0 Å². The van der Waals surface area contributed by atoms with E-state index < -0.39 is 21.8 Å². The lowest BCUT2D eigenvalue weighted by Crippen LogP contribution is -2.45. The number of nitrogens with zero attached hydrogens (tertiary/aromatic N) is 1. The normalized spacial score (nSPS) is 18.2. The van der Waals surface area contributed by atoms with Crippen molar-refractivity contribution in [2.24, 2.45) is 5.92 Å². The van der Waals surface area contributed by atoms with E-state index in [4.69, 9.17) is 9.47 Å². The number of methoxy groups -OCH3 is 1. The molecular weight excluding hydrogens is 387 g/mol. The molecule has 158 valence electrons. The summed E-state index contributed by atoms with van der Waals surface area (Å²) in [6.07, 6.45) is 2.01. The number of carbonyl (C=O) groups is 1.